The third-order valence-corrected chi connectivity index (χ3v) is 6.22. The van der Waals surface area contributed by atoms with Crippen LogP contribution in [0.3, 0.4) is 0 Å². The molecule has 0 atom stereocenters. The molecule has 0 aromatic heterocycles. The minimum absolute atomic E-state index is 0.165. The third-order valence-electron chi connectivity index (χ3n) is 4.76. The molecule has 0 amide bonds. The summed E-state index contributed by atoms with van der Waals surface area (Å²) in [5.74, 6) is -0.847. The average molecular weight is 301 g/mol. The summed E-state index contributed by atoms with van der Waals surface area (Å²) in [6.45, 7) is 7.58. The van der Waals surface area contributed by atoms with Crippen LogP contribution in [-0.4, -0.2) is 19.6 Å². The van der Waals surface area contributed by atoms with Gasteiger partial charge in [0.2, 0.25) is 10.0 Å². The maximum Gasteiger partial charge on any atom is 0.243 e. The molecular formula is C14H20FNO3S. The van der Waals surface area contributed by atoms with E-state index in [0.717, 1.165) is 6.07 Å². The predicted octanol–water partition coefficient (Wildman–Crippen LogP) is 2.03. The molecule has 0 heterocycles. The summed E-state index contributed by atoms with van der Waals surface area (Å²) in [4.78, 5) is -0.381. The maximum atomic E-state index is 13.9. The van der Waals surface area contributed by atoms with Gasteiger partial charge < -0.3 is 5.11 Å². The molecule has 1 aliphatic carbocycles. The summed E-state index contributed by atoms with van der Waals surface area (Å²) in [5.41, 5.74) is 0.0110. The number of hydrogen-bond acceptors (Lipinski definition) is 3. The van der Waals surface area contributed by atoms with Crippen molar-refractivity contribution in [2.24, 2.45) is 10.8 Å². The lowest BCUT2D eigenvalue weighted by molar-refractivity contribution is 0.281. The van der Waals surface area contributed by atoms with Crippen LogP contribution in [-0.2, 0) is 16.6 Å². The van der Waals surface area contributed by atoms with Gasteiger partial charge in [0.05, 0.1) is 6.61 Å². The molecule has 2 N–H and O–H groups in total. The molecule has 0 radical (unpaired) electrons. The predicted molar refractivity (Wildman–Crippen MR) is 74.0 cm³/mol. The number of rotatable bonds is 4. The minimum atomic E-state index is -3.90. The normalized spacial score (nSPS) is 20.9. The van der Waals surface area contributed by atoms with Gasteiger partial charge in [-0.15, -0.1) is 0 Å². The Bertz CT molecular complexity index is 624. The van der Waals surface area contributed by atoms with Gasteiger partial charge in [0, 0.05) is 6.04 Å². The van der Waals surface area contributed by atoms with E-state index in [1.54, 1.807) is 0 Å². The van der Waals surface area contributed by atoms with E-state index in [-0.39, 0.29) is 28.4 Å². The standard InChI is InChI=1S/C14H20FNO3S/c1-13(2)12(14(13,3)4)16-20(18,19)11-6-5-9(8-17)7-10(11)15/h5-7,12,16-17H,8H2,1-4H3. The molecule has 4 nitrogen and oxygen atoms in total. The highest BCUT2D eigenvalue weighted by Crippen LogP contribution is 2.62. The van der Waals surface area contributed by atoms with Crippen molar-refractivity contribution in [2.75, 3.05) is 0 Å². The molecule has 1 aromatic rings. The maximum absolute atomic E-state index is 13.9. The number of aliphatic hydroxyl groups excluding tert-OH is 1. The van der Waals surface area contributed by atoms with Crippen LogP contribution in [0.25, 0.3) is 0 Å². The molecule has 1 aliphatic rings. The average Bonchev–Trinajstić information content (AvgIpc) is 2.70. The zero-order chi connectivity index (χ0) is 15.3. The molecule has 20 heavy (non-hydrogen) atoms. The molecule has 0 spiro atoms. The molecule has 112 valence electrons. The Kier molecular flexibility index (Phi) is 3.48. The first-order valence-electron chi connectivity index (χ1n) is 6.45. The molecular weight excluding hydrogens is 281 g/mol. The summed E-state index contributed by atoms with van der Waals surface area (Å²) in [6.07, 6.45) is 0. The molecule has 1 fully saturated rings. The fraction of sp³-hybridized carbons (Fsp3) is 0.571. The van der Waals surface area contributed by atoms with E-state index in [9.17, 15) is 12.8 Å². The van der Waals surface area contributed by atoms with Crippen molar-refractivity contribution in [3.05, 3.63) is 29.6 Å². The highest BCUT2D eigenvalue weighted by atomic mass is 32.2. The first kappa shape index (κ1) is 15.4. The van der Waals surface area contributed by atoms with Gasteiger partial charge in [-0.3, -0.25) is 0 Å². The Morgan fingerprint density at radius 2 is 1.80 bits per heavy atom. The van der Waals surface area contributed by atoms with Crippen LogP contribution in [0.5, 0.6) is 0 Å². The van der Waals surface area contributed by atoms with E-state index in [1.165, 1.54) is 12.1 Å². The van der Waals surface area contributed by atoms with Crippen molar-refractivity contribution >= 4 is 10.0 Å². The highest BCUT2D eigenvalue weighted by Gasteiger charge is 2.66. The lowest BCUT2D eigenvalue weighted by Gasteiger charge is -2.10. The number of aliphatic hydroxyl groups is 1. The van der Waals surface area contributed by atoms with Crippen molar-refractivity contribution in [3.8, 4) is 0 Å². The topological polar surface area (TPSA) is 66.4 Å². The smallest absolute Gasteiger partial charge is 0.243 e. The quantitative estimate of drug-likeness (QED) is 0.894. The first-order valence-corrected chi connectivity index (χ1v) is 7.94. The lowest BCUT2D eigenvalue weighted by Crippen LogP contribution is -2.30. The van der Waals surface area contributed by atoms with Crippen LogP contribution in [0, 0.1) is 16.6 Å². The molecule has 1 aromatic carbocycles. The van der Waals surface area contributed by atoms with Gasteiger partial charge in [-0.2, -0.15) is 0 Å². The Labute approximate surface area is 119 Å². The Morgan fingerprint density at radius 3 is 2.20 bits per heavy atom. The van der Waals surface area contributed by atoms with Crippen molar-refractivity contribution in [1.29, 1.82) is 0 Å². The number of nitrogens with one attached hydrogen (secondary N) is 1. The summed E-state index contributed by atoms with van der Waals surface area (Å²) in [7, 11) is -3.90. The summed E-state index contributed by atoms with van der Waals surface area (Å²) >= 11 is 0. The molecule has 2 rings (SSSR count). The molecule has 0 saturated heterocycles. The second kappa shape index (κ2) is 4.51. The SMILES string of the molecule is CC1(C)C(NS(=O)(=O)c2ccc(CO)cc2F)C1(C)C. The fourth-order valence-corrected chi connectivity index (χ4v) is 4.16. The third kappa shape index (κ3) is 2.25. The number of sulfonamides is 1. The second-order valence-electron chi connectivity index (χ2n) is 6.42. The second-order valence-corrected chi connectivity index (χ2v) is 8.10. The minimum Gasteiger partial charge on any atom is -0.392 e. The van der Waals surface area contributed by atoms with Crippen LogP contribution in [0.15, 0.2) is 23.1 Å². The highest BCUT2D eigenvalue weighted by molar-refractivity contribution is 7.89. The number of halogens is 1. The van der Waals surface area contributed by atoms with Gasteiger partial charge in [-0.1, -0.05) is 33.8 Å². The van der Waals surface area contributed by atoms with E-state index < -0.39 is 15.8 Å². The lowest BCUT2D eigenvalue weighted by atomic mass is 10.0. The van der Waals surface area contributed by atoms with Gasteiger partial charge in [0.25, 0.3) is 0 Å². The van der Waals surface area contributed by atoms with E-state index in [1.807, 2.05) is 27.7 Å². The van der Waals surface area contributed by atoms with Gasteiger partial charge in [0.15, 0.2) is 0 Å². The molecule has 6 heteroatoms. The van der Waals surface area contributed by atoms with Crippen molar-refractivity contribution in [3.63, 3.8) is 0 Å². The molecule has 0 aliphatic heterocycles. The zero-order valence-electron chi connectivity index (χ0n) is 12.1. The van der Waals surface area contributed by atoms with Crippen LogP contribution in [0.1, 0.15) is 33.3 Å². The van der Waals surface area contributed by atoms with Crippen LogP contribution in [0.2, 0.25) is 0 Å². The van der Waals surface area contributed by atoms with E-state index >= 15 is 0 Å². The monoisotopic (exact) mass is 301 g/mol. The van der Waals surface area contributed by atoms with E-state index in [0.29, 0.717) is 5.56 Å². The van der Waals surface area contributed by atoms with Gasteiger partial charge in [-0.25, -0.2) is 17.5 Å². The van der Waals surface area contributed by atoms with Gasteiger partial charge >= 0.3 is 0 Å². The molecule has 0 bridgehead atoms. The Hall–Kier alpha value is -0.980. The Morgan fingerprint density at radius 1 is 1.25 bits per heavy atom. The van der Waals surface area contributed by atoms with Crippen molar-refractivity contribution in [2.45, 2.75) is 45.2 Å². The van der Waals surface area contributed by atoms with Crippen molar-refractivity contribution in [1.82, 2.24) is 4.72 Å². The summed E-state index contributed by atoms with van der Waals surface area (Å²) in [5, 5.41) is 8.92. The van der Waals surface area contributed by atoms with Gasteiger partial charge in [0.1, 0.15) is 10.7 Å². The zero-order valence-corrected chi connectivity index (χ0v) is 12.9. The largest absolute Gasteiger partial charge is 0.392 e. The first-order chi connectivity index (χ1) is 9.04. The van der Waals surface area contributed by atoms with Crippen molar-refractivity contribution < 1.29 is 17.9 Å². The van der Waals surface area contributed by atoms with Crippen LogP contribution < -0.4 is 4.72 Å². The fourth-order valence-electron chi connectivity index (χ4n) is 2.57. The van der Waals surface area contributed by atoms with Crippen LogP contribution in [0.4, 0.5) is 4.39 Å². The number of hydrogen-bond donors (Lipinski definition) is 2. The summed E-state index contributed by atoms with van der Waals surface area (Å²) in [6, 6.07) is 3.40. The van der Waals surface area contributed by atoms with E-state index in [4.69, 9.17) is 5.11 Å². The molecule has 1 saturated carbocycles. The number of benzene rings is 1. The van der Waals surface area contributed by atoms with Crippen LogP contribution >= 0.6 is 0 Å². The Balaban J connectivity index is 2.29. The van der Waals surface area contributed by atoms with E-state index in [2.05, 4.69) is 4.72 Å². The van der Waals surface area contributed by atoms with Gasteiger partial charge in [-0.05, 0) is 28.5 Å². The molecule has 0 unspecified atom stereocenters. The summed E-state index contributed by atoms with van der Waals surface area (Å²) < 4.78 is 41.0.